The number of fused-ring (bicyclic) bond motifs is 2. The van der Waals surface area contributed by atoms with Crippen LogP contribution in [0, 0.1) is 0 Å². The summed E-state index contributed by atoms with van der Waals surface area (Å²) < 4.78 is 13.3. The van der Waals surface area contributed by atoms with Gasteiger partial charge < -0.3 is 24.9 Å². The van der Waals surface area contributed by atoms with Crippen molar-refractivity contribution in [2.24, 2.45) is 0 Å². The van der Waals surface area contributed by atoms with Gasteiger partial charge in [-0.2, -0.15) is 0 Å². The number of rotatable bonds is 3. The van der Waals surface area contributed by atoms with Crippen LogP contribution in [0.2, 0.25) is 0 Å². The summed E-state index contributed by atoms with van der Waals surface area (Å²) >= 11 is 0. The highest BCUT2D eigenvalue weighted by atomic mass is 16.6. The minimum absolute atomic E-state index is 0.0296. The van der Waals surface area contributed by atoms with Crippen molar-refractivity contribution in [2.75, 3.05) is 25.6 Å². The molecule has 118 valence electrons. The van der Waals surface area contributed by atoms with E-state index in [1.54, 1.807) is 0 Å². The van der Waals surface area contributed by atoms with E-state index >= 15 is 0 Å². The van der Waals surface area contributed by atoms with Crippen LogP contribution in [0.1, 0.15) is 0 Å². The highest BCUT2D eigenvalue weighted by Gasteiger charge is 2.18. The minimum atomic E-state index is 0.0296. The van der Waals surface area contributed by atoms with E-state index < -0.39 is 0 Å². The van der Waals surface area contributed by atoms with Crippen LogP contribution >= 0.6 is 0 Å². The Morgan fingerprint density at radius 3 is 2.48 bits per heavy atom. The largest absolute Gasteiger partial charge is 0.486 e. The Bertz CT molecular complexity index is 856. The molecule has 1 aliphatic rings. The Hall–Kier alpha value is -2.73. The van der Waals surface area contributed by atoms with Crippen molar-refractivity contribution >= 4 is 16.7 Å². The van der Waals surface area contributed by atoms with Crippen LogP contribution in [-0.4, -0.2) is 34.5 Å². The number of ether oxygens (including phenoxy) is 2. The number of aromatic nitrogens is 2. The van der Waals surface area contributed by atoms with Crippen LogP contribution in [0.5, 0.6) is 11.5 Å². The van der Waals surface area contributed by atoms with Crippen LogP contribution in [0.25, 0.3) is 22.4 Å². The molecular weight excluding hydrogens is 294 g/mol. The van der Waals surface area contributed by atoms with Gasteiger partial charge in [0.05, 0.1) is 17.6 Å². The van der Waals surface area contributed by atoms with Crippen LogP contribution in [-0.2, 0) is 6.54 Å². The number of aliphatic hydroxyl groups is 1. The van der Waals surface area contributed by atoms with E-state index in [0.717, 1.165) is 22.4 Å². The number of nitrogen functional groups attached to an aromatic ring is 1. The fourth-order valence-electron chi connectivity index (χ4n) is 2.84. The molecule has 0 saturated heterocycles. The van der Waals surface area contributed by atoms with Gasteiger partial charge in [-0.1, -0.05) is 0 Å². The lowest BCUT2D eigenvalue weighted by atomic mass is 10.2. The molecule has 1 aromatic heterocycles. The van der Waals surface area contributed by atoms with E-state index in [9.17, 15) is 5.11 Å². The number of anilines is 1. The van der Waals surface area contributed by atoms with E-state index in [1.165, 1.54) is 0 Å². The summed E-state index contributed by atoms with van der Waals surface area (Å²) in [6.07, 6.45) is 0. The van der Waals surface area contributed by atoms with Gasteiger partial charge in [0, 0.05) is 29.9 Å². The zero-order chi connectivity index (χ0) is 15.8. The van der Waals surface area contributed by atoms with Gasteiger partial charge in [-0.15, -0.1) is 0 Å². The molecule has 0 radical (unpaired) electrons. The molecule has 0 spiro atoms. The molecular formula is C17H17N3O3. The van der Waals surface area contributed by atoms with Crippen molar-refractivity contribution in [3.8, 4) is 22.9 Å². The van der Waals surface area contributed by atoms with Gasteiger partial charge in [0.25, 0.3) is 0 Å². The number of aliphatic hydroxyl groups excluding tert-OH is 1. The smallest absolute Gasteiger partial charge is 0.163 e. The number of hydrogen-bond acceptors (Lipinski definition) is 5. The second-order valence-corrected chi connectivity index (χ2v) is 5.42. The summed E-state index contributed by atoms with van der Waals surface area (Å²) in [5, 5.41) is 9.43. The molecule has 1 aliphatic heterocycles. The normalized spacial score (nSPS) is 13.4. The summed E-state index contributed by atoms with van der Waals surface area (Å²) in [5.41, 5.74) is 9.14. The first-order valence-corrected chi connectivity index (χ1v) is 7.53. The molecule has 0 bridgehead atoms. The van der Waals surface area contributed by atoms with Crippen LogP contribution in [0.15, 0.2) is 36.4 Å². The Morgan fingerprint density at radius 1 is 1.09 bits per heavy atom. The molecule has 0 aliphatic carbocycles. The van der Waals surface area contributed by atoms with E-state index in [4.69, 9.17) is 20.2 Å². The van der Waals surface area contributed by atoms with Gasteiger partial charge in [-0.3, -0.25) is 0 Å². The summed E-state index contributed by atoms with van der Waals surface area (Å²) in [6.45, 7) is 1.57. The molecule has 6 nitrogen and oxygen atoms in total. The predicted molar refractivity (Wildman–Crippen MR) is 87.7 cm³/mol. The summed E-state index contributed by atoms with van der Waals surface area (Å²) in [5.74, 6) is 2.21. The lowest BCUT2D eigenvalue weighted by molar-refractivity contribution is 0.172. The maximum Gasteiger partial charge on any atom is 0.163 e. The monoisotopic (exact) mass is 311 g/mol. The topological polar surface area (TPSA) is 82.5 Å². The van der Waals surface area contributed by atoms with Crippen molar-refractivity contribution < 1.29 is 14.6 Å². The SMILES string of the molecule is Nc1ccc(-c2nc3cc4c(cc3n2CCO)OCCO4)cc1. The molecule has 0 amide bonds. The second-order valence-electron chi connectivity index (χ2n) is 5.42. The fraction of sp³-hybridized carbons (Fsp3) is 0.235. The molecule has 23 heavy (non-hydrogen) atoms. The van der Waals surface area contributed by atoms with E-state index in [-0.39, 0.29) is 6.61 Å². The van der Waals surface area contributed by atoms with Crippen LogP contribution in [0.3, 0.4) is 0 Å². The third kappa shape index (κ3) is 2.37. The average Bonchev–Trinajstić information content (AvgIpc) is 2.92. The number of imidazole rings is 1. The Kier molecular flexibility index (Phi) is 3.31. The molecule has 0 atom stereocenters. The third-order valence-corrected chi connectivity index (χ3v) is 3.90. The van der Waals surface area contributed by atoms with E-state index in [1.807, 2.05) is 41.0 Å². The molecule has 0 fully saturated rings. The lowest BCUT2D eigenvalue weighted by Gasteiger charge is -2.18. The van der Waals surface area contributed by atoms with E-state index in [2.05, 4.69) is 0 Å². The van der Waals surface area contributed by atoms with Crippen molar-refractivity contribution in [3.63, 3.8) is 0 Å². The van der Waals surface area contributed by atoms with Crippen molar-refractivity contribution in [3.05, 3.63) is 36.4 Å². The highest BCUT2D eigenvalue weighted by molar-refractivity contribution is 5.84. The molecule has 2 aromatic carbocycles. The fourth-order valence-corrected chi connectivity index (χ4v) is 2.84. The van der Waals surface area contributed by atoms with Gasteiger partial charge >= 0.3 is 0 Å². The standard InChI is InChI=1S/C17H17N3O3/c18-12-3-1-11(2-4-12)17-19-13-9-15-16(23-8-7-22-15)10-14(13)20(17)5-6-21/h1-4,9-10,21H,5-8,18H2. The Labute approximate surface area is 133 Å². The second kappa shape index (κ2) is 5.48. The van der Waals surface area contributed by atoms with E-state index in [0.29, 0.717) is 36.9 Å². The van der Waals surface area contributed by atoms with Gasteiger partial charge in [-0.05, 0) is 24.3 Å². The molecule has 3 N–H and O–H groups in total. The van der Waals surface area contributed by atoms with Crippen molar-refractivity contribution in [1.29, 1.82) is 0 Å². The summed E-state index contributed by atoms with van der Waals surface area (Å²) in [7, 11) is 0. The van der Waals surface area contributed by atoms with Gasteiger partial charge in [0.2, 0.25) is 0 Å². The number of benzene rings is 2. The number of nitrogens with zero attached hydrogens (tertiary/aromatic N) is 2. The molecule has 0 unspecified atom stereocenters. The van der Waals surface area contributed by atoms with Gasteiger partial charge in [0.15, 0.2) is 11.5 Å². The quantitative estimate of drug-likeness (QED) is 0.723. The van der Waals surface area contributed by atoms with Crippen molar-refractivity contribution in [2.45, 2.75) is 6.54 Å². The maximum absolute atomic E-state index is 9.43. The average molecular weight is 311 g/mol. The Morgan fingerprint density at radius 2 is 1.78 bits per heavy atom. The number of hydrogen-bond donors (Lipinski definition) is 2. The maximum atomic E-state index is 9.43. The first kappa shape index (κ1) is 13.9. The lowest BCUT2D eigenvalue weighted by Crippen LogP contribution is -2.15. The van der Waals surface area contributed by atoms with Gasteiger partial charge in [-0.25, -0.2) is 4.98 Å². The van der Waals surface area contributed by atoms with Crippen LogP contribution in [0.4, 0.5) is 5.69 Å². The molecule has 4 rings (SSSR count). The zero-order valence-corrected chi connectivity index (χ0v) is 12.5. The Balaban J connectivity index is 1.92. The minimum Gasteiger partial charge on any atom is -0.486 e. The zero-order valence-electron chi connectivity index (χ0n) is 12.5. The number of nitrogens with two attached hydrogens (primary N) is 1. The van der Waals surface area contributed by atoms with Crippen LogP contribution < -0.4 is 15.2 Å². The molecule has 2 heterocycles. The summed E-state index contributed by atoms with van der Waals surface area (Å²) in [4.78, 5) is 4.71. The first-order valence-electron chi connectivity index (χ1n) is 7.53. The predicted octanol–water partition coefficient (Wildman–Crippen LogP) is 2.05. The van der Waals surface area contributed by atoms with Crippen molar-refractivity contribution in [1.82, 2.24) is 9.55 Å². The molecule has 3 aromatic rings. The first-order chi connectivity index (χ1) is 11.3. The third-order valence-electron chi connectivity index (χ3n) is 3.90. The molecule has 0 saturated carbocycles. The molecule has 6 heteroatoms. The highest BCUT2D eigenvalue weighted by Crippen LogP contribution is 2.36. The summed E-state index contributed by atoms with van der Waals surface area (Å²) in [6, 6.07) is 11.4. The van der Waals surface area contributed by atoms with Gasteiger partial charge in [0.1, 0.15) is 19.0 Å².